The van der Waals surface area contributed by atoms with E-state index in [-0.39, 0.29) is 57.0 Å². The Bertz CT molecular complexity index is 3080. The van der Waals surface area contributed by atoms with Gasteiger partial charge >= 0.3 is 0 Å². The van der Waals surface area contributed by atoms with E-state index in [0.717, 1.165) is 61.4 Å². The van der Waals surface area contributed by atoms with Gasteiger partial charge in [-0.15, -0.1) is 22.7 Å². The van der Waals surface area contributed by atoms with E-state index in [9.17, 15) is 20.1 Å². The SMILES string of the molecule is [C-]#[N+]/C(C#N)=C1\C(=N\c2cc3c(s2)C2=CC4C=C5C(=CC4C=C2C32CCCCC2)c2sc(/N=C3\C(=O)c4ccccc4\C3=C(\C#N)[N+]#[C-])cc2C52CCCCC2)C(=O)c2ccccc21. The van der Waals surface area contributed by atoms with Gasteiger partial charge in [0.2, 0.25) is 11.6 Å². The summed E-state index contributed by atoms with van der Waals surface area (Å²) in [7, 11) is 0. The highest BCUT2D eigenvalue weighted by atomic mass is 32.1. The van der Waals surface area contributed by atoms with Crippen LogP contribution in [-0.4, -0.2) is 23.0 Å². The monoisotopic (exact) mass is 864 g/mol. The second-order valence-corrected chi connectivity index (χ2v) is 20.0. The summed E-state index contributed by atoms with van der Waals surface area (Å²) in [6.45, 7) is 15.5. The Labute approximate surface area is 378 Å². The lowest BCUT2D eigenvalue weighted by atomic mass is 9.63. The van der Waals surface area contributed by atoms with Crippen molar-refractivity contribution >= 4 is 78.0 Å². The zero-order valence-electron chi connectivity index (χ0n) is 34.6. The van der Waals surface area contributed by atoms with E-state index in [1.807, 2.05) is 24.3 Å². The zero-order chi connectivity index (χ0) is 43.5. The summed E-state index contributed by atoms with van der Waals surface area (Å²) in [6, 6.07) is 22.7. The van der Waals surface area contributed by atoms with Crippen LogP contribution in [0.1, 0.15) is 117 Å². The number of Topliss-reactive ketones (excluding diaryl/α,β-unsaturated/α-hetero) is 2. The minimum Gasteiger partial charge on any atom is -0.287 e. The molecule has 306 valence electrons. The number of allylic oxidation sites excluding steroid dienone is 12. The van der Waals surface area contributed by atoms with Gasteiger partial charge in [-0.2, -0.15) is 0 Å². The highest BCUT2D eigenvalue weighted by Crippen LogP contribution is 2.66. The molecule has 0 N–H and O–H groups in total. The van der Waals surface area contributed by atoms with Gasteiger partial charge in [0.1, 0.15) is 21.4 Å². The van der Waals surface area contributed by atoms with Crippen LogP contribution in [0.3, 0.4) is 0 Å². The van der Waals surface area contributed by atoms with Crippen molar-refractivity contribution in [3.8, 4) is 12.1 Å². The molecule has 4 aromatic rings. The molecule has 2 saturated carbocycles. The Balaban J connectivity index is 0.962. The van der Waals surface area contributed by atoms with Crippen LogP contribution < -0.4 is 0 Å². The predicted octanol–water partition coefficient (Wildman–Crippen LogP) is 13.1. The molecule has 8 nitrogen and oxygen atoms in total. The molecule has 8 aliphatic carbocycles. The fourth-order valence-electron chi connectivity index (χ4n) is 12.3. The number of carbonyl (C=O) groups is 2. The van der Waals surface area contributed by atoms with Gasteiger partial charge in [-0.25, -0.2) is 30.2 Å². The molecule has 64 heavy (non-hydrogen) atoms. The normalized spacial score (nSPS) is 25.3. The molecular weight excluding hydrogens is 829 g/mol. The Kier molecular flexibility index (Phi) is 8.57. The van der Waals surface area contributed by atoms with Crippen molar-refractivity contribution in [1.82, 2.24) is 0 Å². The van der Waals surface area contributed by atoms with Crippen LogP contribution in [0.15, 0.2) is 117 Å². The first-order valence-electron chi connectivity index (χ1n) is 22.0. The van der Waals surface area contributed by atoms with Crippen molar-refractivity contribution in [2.24, 2.45) is 21.8 Å². The highest BCUT2D eigenvalue weighted by molar-refractivity contribution is 7.17. The number of benzene rings is 2. The maximum absolute atomic E-state index is 13.9. The molecule has 2 fully saturated rings. The molecule has 12 rings (SSSR count). The molecule has 0 radical (unpaired) electrons. The van der Waals surface area contributed by atoms with Crippen molar-refractivity contribution < 1.29 is 9.59 Å². The molecule has 0 saturated heterocycles. The van der Waals surface area contributed by atoms with Gasteiger partial charge in [-0.1, -0.05) is 111 Å². The molecule has 0 aliphatic heterocycles. The lowest BCUT2D eigenvalue weighted by Crippen LogP contribution is -2.31. The smallest absolute Gasteiger partial charge is 0.271 e. The first kappa shape index (κ1) is 38.6. The number of fused-ring (bicyclic) bond motifs is 13. The largest absolute Gasteiger partial charge is 0.287 e. The quantitative estimate of drug-likeness (QED) is 0.147. The first-order chi connectivity index (χ1) is 31.3. The second kappa shape index (κ2) is 14.2. The molecule has 8 aliphatic rings. The molecule has 2 atom stereocenters. The number of hydrogen-bond acceptors (Lipinski definition) is 8. The van der Waals surface area contributed by atoms with Gasteiger partial charge in [0, 0.05) is 54.7 Å². The minimum atomic E-state index is -0.256. The molecule has 10 heteroatoms. The van der Waals surface area contributed by atoms with Crippen molar-refractivity contribution in [3.05, 3.63) is 173 Å². The topological polar surface area (TPSA) is 115 Å². The summed E-state index contributed by atoms with van der Waals surface area (Å²) in [5.74, 6) is -0.195. The van der Waals surface area contributed by atoms with Gasteiger partial charge in [0.05, 0.1) is 25.3 Å². The Hall–Kier alpha value is -7.08. The van der Waals surface area contributed by atoms with E-state index in [2.05, 4.69) is 46.1 Å². The molecule has 2 aromatic heterocycles. The lowest BCUT2D eigenvalue weighted by Gasteiger charge is -2.40. The molecule has 2 aromatic carbocycles. The van der Waals surface area contributed by atoms with Crippen molar-refractivity contribution in [2.75, 3.05) is 0 Å². The number of aliphatic imine (C=N–C) groups is 2. The summed E-state index contributed by atoms with van der Waals surface area (Å²) < 4.78 is 0. The number of thiophene rings is 2. The average Bonchev–Trinajstić information content (AvgIpc) is 4.16. The third-order valence-corrected chi connectivity index (χ3v) is 17.1. The van der Waals surface area contributed by atoms with Gasteiger partial charge in [0.25, 0.3) is 11.4 Å². The predicted molar refractivity (Wildman–Crippen MR) is 251 cm³/mol. The third kappa shape index (κ3) is 5.22. The number of rotatable bonds is 2. The fourth-order valence-corrected chi connectivity index (χ4v) is 14.6. The summed E-state index contributed by atoms with van der Waals surface area (Å²) in [4.78, 5) is 47.2. The second-order valence-electron chi connectivity index (χ2n) is 18.0. The first-order valence-corrected chi connectivity index (χ1v) is 23.6. The highest BCUT2D eigenvalue weighted by Gasteiger charge is 2.52. The maximum Gasteiger partial charge on any atom is 0.271 e. The van der Waals surface area contributed by atoms with Crippen LogP contribution in [0, 0.1) is 47.6 Å². The summed E-state index contributed by atoms with van der Waals surface area (Å²) >= 11 is 3.24. The standard InChI is InChI=1S/C54H36N6O2S2/c1-57-41(27-55)45-31-13-5-7-15-33(31)49(61)47(45)59-43-25-39-51(63-43)35-21-29-24-38-36(22-30(29)23-37(35)53(39)17-9-3-10-18-53)52-40(54(38)19-11-4-12-20-54)26-44(64-52)60-48-46(42(28-56)58-2)32-14-6-8-16-34(32)50(48)62/h5-8,13-16,21-26,29-30H,3-4,9-12,17-20H2/b45-41-,46-42+,59-47-,60-48-. The Morgan fingerprint density at radius 1 is 0.594 bits per heavy atom. The van der Waals surface area contributed by atoms with Gasteiger partial charge in [0.15, 0.2) is 0 Å². The average molecular weight is 865 g/mol. The van der Waals surface area contributed by atoms with E-state index in [4.69, 9.17) is 23.1 Å². The molecule has 2 unspecified atom stereocenters. The van der Waals surface area contributed by atoms with E-state index < -0.39 is 0 Å². The van der Waals surface area contributed by atoms with Crippen molar-refractivity contribution in [2.45, 2.75) is 75.0 Å². The number of ketones is 2. The number of nitrogens with zero attached hydrogens (tertiary/aromatic N) is 6. The summed E-state index contributed by atoms with van der Waals surface area (Å²) in [5.41, 5.74) is 10.5. The Morgan fingerprint density at radius 3 is 1.36 bits per heavy atom. The molecule has 0 bridgehead atoms. The molecular formula is C54H36N6O2S2. The van der Waals surface area contributed by atoms with Gasteiger partial charge < -0.3 is 0 Å². The van der Waals surface area contributed by atoms with Gasteiger partial charge in [-0.05, 0) is 82.4 Å². The van der Waals surface area contributed by atoms with Crippen LogP contribution in [0.25, 0.3) is 32.0 Å². The van der Waals surface area contributed by atoms with E-state index in [1.54, 1.807) is 59.1 Å². The van der Waals surface area contributed by atoms with Crippen molar-refractivity contribution in [1.29, 1.82) is 10.5 Å². The van der Waals surface area contributed by atoms with E-state index in [1.165, 1.54) is 56.0 Å². The number of carbonyl (C=O) groups excluding carboxylic acids is 2. The molecule has 2 spiro atoms. The number of hydrogen-bond donors (Lipinski definition) is 0. The van der Waals surface area contributed by atoms with Crippen LogP contribution >= 0.6 is 22.7 Å². The third-order valence-electron chi connectivity index (χ3n) is 15.0. The fraction of sp³-hybridized carbons (Fsp3) is 0.259. The number of nitriles is 2. The Morgan fingerprint density at radius 2 is 0.984 bits per heavy atom. The van der Waals surface area contributed by atoms with Crippen LogP contribution in [0.5, 0.6) is 0 Å². The van der Waals surface area contributed by atoms with Crippen LogP contribution in [0.2, 0.25) is 0 Å². The molecule has 2 heterocycles. The molecule has 0 amide bonds. The van der Waals surface area contributed by atoms with Crippen molar-refractivity contribution in [3.63, 3.8) is 0 Å². The van der Waals surface area contributed by atoms with E-state index in [0.29, 0.717) is 33.4 Å². The minimum absolute atomic E-state index is 0.123. The zero-order valence-corrected chi connectivity index (χ0v) is 36.3. The van der Waals surface area contributed by atoms with E-state index >= 15 is 0 Å². The van der Waals surface area contributed by atoms with Crippen LogP contribution in [-0.2, 0) is 10.8 Å². The summed E-state index contributed by atoms with van der Waals surface area (Å²) in [6.07, 6.45) is 21.2. The maximum atomic E-state index is 13.9. The lowest BCUT2D eigenvalue weighted by molar-refractivity contribution is 0.106. The van der Waals surface area contributed by atoms with Gasteiger partial charge in [-0.3, -0.25) is 9.59 Å². The van der Waals surface area contributed by atoms with Crippen LogP contribution in [0.4, 0.5) is 10.0 Å². The summed E-state index contributed by atoms with van der Waals surface area (Å²) in [5, 5.41) is 21.3.